The van der Waals surface area contributed by atoms with Gasteiger partial charge in [0.25, 0.3) is 0 Å². The normalized spacial score (nSPS) is 14.9. The average molecular weight is 259 g/mol. The van der Waals surface area contributed by atoms with E-state index in [2.05, 4.69) is 5.32 Å². The van der Waals surface area contributed by atoms with E-state index in [9.17, 15) is 4.39 Å². The van der Waals surface area contributed by atoms with Crippen molar-refractivity contribution >= 4 is 23.0 Å². The van der Waals surface area contributed by atoms with Crippen LogP contribution < -0.4 is 11.1 Å². The van der Waals surface area contributed by atoms with Gasteiger partial charge in [0, 0.05) is 19.2 Å². The maximum atomic E-state index is 13.0. The van der Waals surface area contributed by atoms with Crippen LogP contribution in [0.1, 0.15) is 12.8 Å². The van der Waals surface area contributed by atoms with Gasteiger partial charge >= 0.3 is 0 Å². The first-order valence-electron chi connectivity index (χ1n) is 5.73. The van der Waals surface area contributed by atoms with Crippen molar-refractivity contribution in [2.45, 2.75) is 12.8 Å². The third-order valence-electron chi connectivity index (χ3n) is 2.70. The monoisotopic (exact) mass is 258 g/mol. The molecule has 1 aromatic rings. The Morgan fingerprint density at radius 2 is 2.24 bits per heavy atom. The van der Waals surface area contributed by atoms with Gasteiger partial charge in [0.1, 0.15) is 5.82 Å². The lowest BCUT2D eigenvalue weighted by molar-refractivity contribution is 0.134. The molecule has 0 bridgehead atoms. The van der Waals surface area contributed by atoms with Crippen molar-refractivity contribution in [3.63, 3.8) is 0 Å². The number of halogens is 2. The van der Waals surface area contributed by atoms with Gasteiger partial charge < -0.3 is 15.8 Å². The van der Waals surface area contributed by atoms with Crippen LogP contribution in [0.4, 0.5) is 15.8 Å². The predicted octanol–water partition coefficient (Wildman–Crippen LogP) is 2.90. The molecule has 0 unspecified atom stereocenters. The largest absolute Gasteiger partial charge is 0.397 e. The van der Waals surface area contributed by atoms with Crippen LogP contribution in [0, 0.1) is 11.7 Å². The van der Waals surface area contributed by atoms with Crippen molar-refractivity contribution in [3.8, 4) is 0 Å². The van der Waals surface area contributed by atoms with Gasteiger partial charge in [-0.1, -0.05) is 11.6 Å². The quantitative estimate of drug-likeness (QED) is 0.609. The van der Waals surface area contributed by atoms with E-state index < -0.39 is 5.82 Å². The average Bonchev–Trinajstić information content (AvgIpc) is 3.08. The highest BCUT2D eigenvalue weighted by molar-refractivity contribution is 6.31. The van der Waals surface area contributed by atoms with E-state index in [0.717, 1.165) is 12.5 Å². The summed E-state index contributed by atoms with van der Waals surface area (Å²) in [5.41, 5.74) is 6.66. The van der Waals surface area contributed by atoms with Crippen LogP contribution in [0.5, 0.6) is 0 Å². The smallest absolute Gasteiger partial charge is 0.143 e. The Morgan fingerprint density at radius 3 is 2.94 bits per heavy atom. The molecule has 17 heavy (non-hydrogen) atoms. The Bertz CT molecular complexity index is 396. The molecule has 94 valence electrons. The van der Waals surface area contributed by atoms with Crippen LogP contribution in [-0.4, -0.2) is 19.8 Å². The second-order valence-corrected chi connectivity index (χ2v) is 4.71. The molecule has 1 aliphatic rings. The summed E-state index contributed by atoms with van der Waals surface area (Å²) in [6.45, 7) is 2.09. The number of nitrogen functional groups attached to an aromatic ring is 1. The van der Waals surface area contributed by atoms with E-state index in [-0.39, 0.29) is 5.02 Å². The number of rotatable bonds is 6. The molecule has 0 radical (unpaired) electrons. The predicted molar refractivity (Wildman–Crippen MR) is 67.9 cm³/mol. The minimum Gasteiger partial charge on any atom is -0.397 e. The lowest BCUT2D eigenvalue weighted by atomic mass is 10.2. The van der Waals surface area contributed by atoms with Crippen LogP contribution in [0.15, 0.2) is 12.1 Å². The summed E-state index contributed by atoms with van der Waals surface area (Å²) in [6, 6.07) is 2.71. The first kappa shape index (κ1) is 12.5. The van der Waals surface area contributed by atoms with E-state index in [1.165, 1.54) is 25.0 Å². The maximum absolute atomic E-state index is 13.0. The SMILES string of the molecule is Nc1cc(F)c(Cl)cc1NCCOCC1CC1. The Kier molecular flexibility index (Phi) is 4.07. The van der Waals surface area contributed by atoms with Crippen molar-refractivity contribution in [3.05, 3.63) is 23.0 Å². The van der Waals surface area contributed by atoms with E-state index in [0.29, 0.717) is 24.5 Å². The topological polar surface area (TPSA) is 47.3 Å². The summed E-state index contributed by atoms with van der Waals surface area (Å²) < 4.78 is 18.5. The summed E-state index contributed by atoms with van der Waals surface area (Å²) in [5, 5.41) is 3.14. The van der Waals surface area contributed by atoms with Crippen molar-refractivity contribution in [2.75, 3.05) is 30.8 Å². The fraction of sp³-hybridized carbons (Fsp3) is 0.500. The van der Waals surface area contributed by atoms with Gasteiger partial charge in [-0.2, -0.15) is 0 Å². The minimum absolute atomic E-state index is 0.0700. The van der Waals surface area contributed by atoms with Gasteiger partial charge in [0.2, 0.25) is 0 Å². The molecule has 1 fully saturated rings. The molecule has 1 aromatic carbocycles. The molecular weight excluding hydrogens is 243 g/mol. The molecule has 3 N–H and O–H groups in total. The van der Waals surface area contributed by atoms with Crippen molar-refractivity contribution in [1.82, 2.24) is 0 Å². The first-order valence-corrected chi connectivity index (χ1v) is 6.10. The second kappa shape index (κ2) is 5.56. The zero-order valence-electron chi connectivity index (χ0n) is 9.51. The highest BCUT2D eigenvalue weighted by Gasteiger charge is 2.20. The molecule has 0 atom stereocenters. The number of hydrogen-bond acceptors (Lipinski definition) is 3. The van der Waals surface area contributed by atoms with E-state index in [4.69, 9.17) is 22.1 Å². The lowest BCUT2D eigenvalue weighted by Gasteiger charge is -2.10. The summed E-state index contributed by atoms with van der Waals surface area (Å²) in [4.78, 5) is 0. The van der Waals surface area contributed by atoms with Gasteiger partial charge in [-0.3, -0.25) is 0 Å². The number of anilines is 2. The number of nitrogens with one attached hydrogen (secondary N) is 1. The second-order valence-electron chi connectivity index (χ2n) is 4.30. The van der Waals surface area contributed by atoms with Crippen LogP contribution >= 0.6 is 11.6 Å². The molecule has 0 aromatic heterocycles. The Balaban J connectivity index is 1.75. The molecule has 5 heteroatoms. The molecule has 0 heterocycles. The van der Waals surface area contributed by atoms with Crippen LogP contribution in [0.3, 0.4) is 0 Å². The van der Waals surface area contributed by atoms with Crippen molar-refractivity contribution < 1.29 is 9.13 Å². The molecule has 2 rings (SSSR count). The standard InChI is InChI=1S/C12H16ClFN2O/c13-9-5-12(11(15)6-10(9)14)16-3-4-17-7-8-1-2-8/h5-6,8,16H,1-4,7,15H2. The first-order chi connectivity index (χ1) is 8.16. The Labute approximate surface area is 105 Å². The summed E-state index contributed by atoms with van der Waals surface area (Å²) in [6.07, 6.45) is 2.57. The fourth-order valence-electron chi connectivity index (χ4n) is 1.51. The third-order valence-corrected chi connectivity index (χ3v) is 2.99. The van der Waals surface area contributed by atoms with Gasteiger partial charge in [-0.15, -0.1) is 0 Å². The van der Waals surface area contributed by atoms with Crippen LogP contribution in [-0.2, 0) is 4.74 Å². The van der Waals surface area contributed by atoms with Crippen LogP contribution in [0.25, 0.3) is 0 Å². The van der Waals surface area contributed by atoms with E-state index in [1.54, 1.807) is 0 Å². The van der Waals surface area contributed by atoms with Crippen molar-refractivity contribution in [2.24, 2.45) is 5.92 Å². The number of ether oxygens (including phenoxy) is 1. The fourth-order valence-corrected chi connectivity index (χ4v) is 1.67. The van der Waals surface area contributed by atoms with Gasteiger partial charge in [0.15, 0.2) is 0 Å². The highest BCUT2D eigenvalue weighted by Crippen LogP contribution is 2.29. The summed E-state index contributed by atoms with van der Waals surface area (Å²) in [5.74, 6) is 0.264. The van der Waals surface area contributed by atoms with E-state index >= 15 is 0 Å². The lowest BCUT2D eigenvalue weighted by Crippen LogP contribution is -2.11. The molecule has 0 amide bonds. The van der Waals surface area contributed by atoms with Gasteiger partial charge in [-0.05, 0) is 24.8 Å². The summed E-state index contributed by atoms with van der Waals surface area (Å²) >= 11 is 5.67. The molecule has 0 spiro atoms. The molecule has 1 aliphatic carbocycles. The Morgan fingerprint density at radius 1 is 1.47 bits per heavy atom. The van der Waals surface area contributed by atoms with Crippen molar-refractivity contribution in [1.29, 1.82) is 0 Å². The molecule has 0 saturated heterocycles. The van der Waals surface area contributed by atoms with Crippen LogP contribution in [0.2, 0.25) is 5.02 Å². The molecular formula is C12H16ClFN2O. The minimum atomic E-state index is -0.500. The highest BCUT2D eigenvalue weighted by atomic mass is 35.5. The van der Waals surface area contributed by atoms with E-state index in [1.807, 2.05) is 0 Å². The number of benzene rings is 1. The zero-order valence-corrected chi connectivity index (χ0v) is 10.3. The maximum Gasteiger partial charge on any atom is 0.143 e. The van der Waals surface area contributed by atoms with Gasteiger partial charge in [-0.25, -0.2) is 4.39 Å². The molecule has 3 nitrogen and oxygen atoms in total. The molecule has 1 saturated carbocycles. The summed E-state index contributed by atoms with van der Waals surface area (Å²) in [7, 11) is 0. The number of hydrogen-bond donors (Lipinski definition) is 2. The third kappa shape index (κ3) is 3.75. The number of nitrogens with two attached hydrogens (primary N) is 1. The van der Waals surface area contributed by atoms with Gasteiger partial charge in [0.05, 0.1) is 23.0 Å². The zero-order chi connectivity index (χ0) is 12.3. The molecule has 0 aliphatic heterocycles. The Hall–Kier alpha value is -1.00.